The van der Waals surface area contributed by atoms with Gasteiger partial charge < -0.3 is 44.3 Å². The van der Waals surface area contributed by atoms with Crippen molar-refractivity contribution in [2.24, 2.45) is 16.7 Å². The van der Waals surface area contributed by atoms with E-state index < -0.39 is 113 Å². The van der Waals surface area contributed by atoms with E-state index in [-0.39, 0.29) is 35.3 Å². The predicted octanol–water partition coefficient (Wildman–Crippen LogP) is 3.74. The quantitative estimate of drug-likeness (QED) is 0.130. The van der Waals surface area contributed by atoms with Gasteiger partial charge in [-0.3, -0.25) is 19.2 Å². The first-order valence-corrected chi connectivity index (χ1v) is 20.5. The highest BCUT2D eigenvalue weighted by atomic mass is 16.6. The molecule has 0 spiro atoms. The van der Waals surface area contributed by atoms with E-state index in [1.807, 2.05) is 0 Å². The Balaban J connectivity index is 1.39. The second kappa shape index (κ2) is 16.5. The summed E-state index contributed by atoms with van der Waals surface area (Å²) in [6.07, 6.45) is -10.5. The number of Topliss-reactive ketones (excluding diaryl/α,β-unsaturated/α-hetero) is 1. The summed E-state index contributed by atoms with van der Waals surface area (Å²) >= 11 is 0. The first kappa shape index (κ1) is 44.3. The molecule has 4 aliphatic rings. The van der Waals surface area contributed by atoms with Crippen molar-refractivity contribution in [1.82, 2.24) is 5.32 Å². The SMILES string of the molecule is CC(=O)O[C@@H]1C(=O)[C@]2(C)[C@H]([C@H](OC(=O)c3ccccc3)[C@@]3(O)C[C@H](OC(=O)[C@H](O)[C@@H](NC(=O)c4ccccc4)c4ccccc4)C(C)=C1C3(C)C)[C@]1(OC(C)=O)CO[C@@H]1C[C@@H]2O. The zero-order valence-electron chi connectivity index (χ0n) is 35.2. The first-order chi connectivity index (χ1) is 29.3. The van der Waals surface area contributed by atoms with E-state index in [2.05, 4.69) is 5.32 Å². The number of hydrogen-bond donors (Lipinski definition) is 4. The fourth-order valence-corrected chi connectivity index (χ4v) is 10.2. The van der Waals surface area contributed by atoms with Crippen LogP contribution in [-0.2, 0) is 42.9 Å². The fourth-order valence-electron chi connectivity index (χ4n) is 10.2. The maximum absolute atomic E-state index is 15.5. The number of hydrogen-bond acceptors (Lipinski definition) is 14. The summed E-state index contributed by atoms with van der Waals surface area (Å²) in [4.78, 5) is 83.5. The molecule has 3 aliphatic carbocycles. The number of amides is 1. The van der Waals surface area contributed by atoms with Gasteiger partial charge in [-0.1, -0.05) is 80.6 Å². The van der Waals surface area contributed by atoms with Crippen LogP contribution in [0.15, 0.2) is 102 Å². The second-order valence-corrected chi connectivity index (χ2v) is 17.4. The Morgan fingerprint density at radius 1 is 0.823 bits per heavy atom. The largest absolute Gasteiger partial charge is 0.456 e. The van der Waals surface area contributed by atoms with Crippen LogP contribution in [0, 0.1) is 16.7 Å². The summed E-state index contributed by atoms with van der Waals surface area (Å²) in [5.41, 5.74) is -7.02. The number of nitrogens with one attached hydrogen (secondary N) is 1. The Labute approximate surface area is 358 Å². The summed E-state index contributed by atoms with van der Waals surface area (Å²) < 4.78 is 30.3. The predicted molar refractivity (Wildman–Crippen MR) is 218 cm³/mol. The average Bonchev–Trinajstić information content (AvgIpc) is 3.24. The summed E-state index contributed by atoms with van der Waals surface area (Å²) in [7, 11) is 0. The van der Waals surface area contributed by atoms with Crippen LogP contribution in [-0.4, -0.2) is 105 Å². The van der Waals surface area contributed by atoms with Gasteiger partial charge in [-0.25, -0.2) is 9.59 Å². The number of aliphatic hydroxyl groups is 3. The molecule has 328 valence electrons. The molecule has 0 radical (unpaired) electrons. The molecule has 0 aromatic heterocycles. The van der Waals surface area contributed by atoms with Crippen LogP contribution in [0.3, 0.4) is 0 Å². The average molecular weight is 854 g/mol. The Kier molecular flexibility index (Phi) is 11.8. The molecule has 7 rings (SSSR count). The zero-order chi connectivity index (χ0) is 44.9. The van der Waals surface area contributed by atoms with E-state index >= 15 is 4.79 Å². The van der Waals surface area contributed by atoms with Crippen molar-refractivity contribution in [3.8, 4) is 0 Å². The third-order valence-electron chi connectivity index (χ3n) is 13.5. The van der Waals surface area contributed by atoms with Gasteiger partial charge in [0.25, 0.3) is 5.91 Å². The number of ether oxygens (including phenoxy) is 5. The van der Waals surface area contributed by atoms with Crippen LogP contribution in [0.25, 0.3) is 0 Å². The lowest BCUT2D eigenvalue weighted by molar-refractivity contribution is -0.346. The minimum Gasteiger partial charge on any atom is -0.456 e. The lowest BCUT2D eigenvalue weighted by Crippen LogP contribution is -2.82. The smallest absolute Gasteiger partial charge is 0.338 e. The Morgan fingerprint density at radius 3 is 1.95 bits per heavy atom. The van der Waals surface area contributed by atoms with Gasteiger partial charge >= 0.3 is 23.9 Å². The monoisotopic (exact) mass is 853 g/mol. The summed E-state index contributed by atoms with van der Waals surface area (Å²) in [5.74, 6) is -6.84. The molecule has 3 aromatic rings. The number of carbonyl (C=O) groups is 6. The molecule has 2 saturated carbocycles. The van der Waals surface area contributed by atoms with E-state index in [1.165, 1.54) is 26.0 Å². The van der Waals surface area contributed by atoms with Crippen molar-refractivity contribution in [2.45, 2.75) is 108 Å². The maximum Gasteiger partial charge on any atom is 0.338 e. The zero-order valence-corrected chi connectivity index (χ0v) is 35.2. The van der Waals surface area contributed by atoms with Gasteiger partial charge in [-0.05, 0) is 54.8 Å². The van der Waals surface area contributed by atoms with E-state index in [1.54, 1.807) is 92.7 Å². The lowest BCUT2D eigenvalue weighted by Gasteiger charge is -2.67. The lowest BCUT2D eigenvalue weighted by atomic mass is 9.44. The summed E-state index contributed by atoms with van der Waals surface area (Å²) in [6.45, 7) is 7.97. The van der Waals surface area contributed by atoms with Crippen LogP contribution in [0.2, 0.25) is 0 Å². The number of carbonyl (C=O) groups excluding carboxylic acids is 6. The first-order valence-electron chi connectivity index (χ1n) is 20.5. The molecule has 11 atom stereocenters. The van der Waals surface area contributed by atoms with E-state index in [4.69, 9.17) is 23.7 Å². The van der Waals surface area contributed by atoms with Crippen molar-refractivity contribution in [3.05, 3.63) is 119 Å². The minimum absolute atomic E-state index is 0.00289. The number of ketones is 1. The molecule has 15 nitrogen and oxygen atoms in total. The van der Waals surface area contributed by atoms with E-state index in [9.17, 15) is 39.3 Å². The standard InChI is InChI=1S/C47H51NO14/c1-25-31(60-43(56)36(52)35(28-16-10-7-11-17-28)48-41(54)29-18-12-8-13-19-29)23-47(57)40(61-42(55)30-20-14-9-15-21-30)38-45(6,32(51)22-33-46(38,24-58-33)62-27(3)50)39(53)37(59-26(2)49)34(25)44(47,4)5/h7-21,31-33,35-38,40,51-52,57H,22-24H2,1-6H3,(H,48,54)/t31-,32-,33+,35-,36+,37-,38-,40-,45-,46-,47-/m0/s1. The number of esters is 4. The summed E-state index contributed by atoms with van der Waals surface area (Å²) in [6, 6.07) is 22.9. The highest BCUT2D eigenvalue weighted by Gasteiger charge is 2.78. The third-order valence-corrected chi connectivity index (χ3v) is 13.5. The van der Waals surface area contributed by atoms with Crippen LogP contribution >= 0.6 is 0 Å². The highest BCUT2D eigenvalue weighted by Crippen LogP contribution is 2.64. The Bertz CT molecular complexity index is 2280. The number of benzene rings is 3. The molecule has 3 aromatic carbocycles. The van der Waals surface area contributed by atoms with Crippen molar-refractivity contribution >= 4 is 35.6 Å². The van der Waals surface area contributed by atoms with Gasteiger partial charge in [0.2, 0.25) is 0 Å². The minimum atomic E-state index is -2.39. The van der Waals surface area contributed by atoms with Gasteiger partial charge in [0.15, 0.2) is 23.6 Å². The van der Waals surface area contributed by atoms with Gasteiger partial charge in [0.1, 0.15) is 23.9 Å². The molecule has 1 saturated heterocycles. The van der Waals surface area contributed by atoms with Crippen molar-refractivity contribution in [1.29, 1.82) is 0 Å². The van der Waals surface area contributed by atoms with Gasteiger partial charge in [-0.2, -0.15) is 0 Å². The highest BCUT2D eigenvalue weighted by molar-refractivity contribution is 5.96. The maximum atomic E-state index is 15.5. The number of aliphatic hydroxyl groups excluding tert-OH is 2. The van der Waals surface area contributed by atoms with E-state index in [0.717, 1.165) is 13.8 Å². The fraction of sp³-hybridized carbons (Fsp3) is 0.447. The molecule has 1 aliphatic heterocycles. The Hall–Kier alpha value is -5.74. The number of rotatable bonds is 10. The van der Waals surface area contributed by atoms with Gasteiger partial charge in [0, 0.05) is 37.7 Å². The van der Waals surface area contributed by atoms with Crippen molar-refractivity contribution in [3.63, 3.8) is 0 Å². The van der Waals surface area contributed by atoms with Crippen LogP contribution < -0.4 is 5.32 Å². The molecular weight excluding hydrogens is 803 g/mol. The molecular formula is C47H51NO14. The molecule has 0 unspecified atom stereocenters. The van der Waals surface area contributed by atoms with Gasteiger partial charge in [-0.15, -0.1) is 0 Å². The molecule has 15 heteroatoms. The second-order valence-electron chi connectivity index (χ2n) is 17.4. The van der Waals surface area contributed by atoms with Crippen LogP contribution in [0.4, 0.5) is 0 Å². The Morgan fingerprint density at radius 2 is 1.40 bits per heavy atom. The van der Waals surface area contributed by atoms with Gasteiger partial charge in [0.05, 0.1) is 35.6 Å². The molecule has 4 N–H and O–H groups in total. The molecule has 3 fully saturated rings. The van der Waals surface area contributed by atoms with E-state index in [0.29, 0.717) is 5.56 Å². The summed E-state index contributed by atoms with van der Waals surface area (Å²) in [5, 5.41) is 40.2. The third kappa shape index (κ3) is 7.29. The normalized spacial score (nSPS) is 31.9. The molecule has 62 heavy (non-hydrogen) atoms. The molecule has 1 amide bonds. The molecule has 1 heterocycles. The molecule has 2 bridgehead atoms. The van der Waals surface area contributed by atoms with Crippen LogP contribution in [0.5, 0.6) is 0 Å². The topological polar surface area (TPSA) is 221 Å². The number of fused-ring (bicyclic) bond motifs is 5. The van der Waals surface area contributed by atoms with Crippen LogP contribution in [0.1, 0.15) is 86.7 Å². The van der Waals surface area contributed by atoms with Crippen molar-refractivity contribution < 1.29 is 67.8 Å². The van der Waals surface area contributed by atoms with Crippen molar-refractivity contribution in [2.75, 3.05) is 6.61 Å².